The van der Waals surface area contributed by atoms with Gasteiger partial charge in [0.15, 0.2) is 0 Å². The second-order valence-electron chi connectivity index (χ2n) is 4.34. The molecule has 1 aromatic carbocycles. The molecule has 100 valence electrons. The third kappa shape index (κ3) is 4.15. The number of nitrogens with one attached hydrogen (secondary N) is 1. The molecule has 0 radical (unpaired) electrons. The van der Waals surface area contributed by atoms with E-state index in [1.54, 1.807) is 37.4 Å². The van der Waals surface area contributed by atoms with Crippen molar-refractivity contribution in [2.45, 2.75) is 18.7 Å². The van der Waals surface area contributed by atoms with Crippen LogP contribution in [0, 0.1) is 0 Å². The summed E-state index contributed by atoms with van der Waals surface area (Å²) < 4.78 is 26.7. The molecule has 0 saturated carbocycles. The molecule has 1 unspecified atom stereocenters. The van der Waals surface area contributed by atoms with E-state index in [1.807, 2.05) is 24.3 Å². The molecule has 1 N–H and O–H groups in total. The summed E-state index contributed by atoms with van der Waals surface area (Å²) in [6.45, 7) is 1.78. The number of pyridine rings is 1. The first-order chi connectivity index (χ1) is 9.07. The van der Waals surface area contributed by atoms with Crippen LogP contribution in [0.1, 0.15) is 24.2 Å². The Bertz CT molecular complexity index is 612. The van der Waals surface area contributed by atoms with Gasteiger partial charge in [-0.05, 0) is 24.6 Å². The predicted molar refractivity (Wildman–Crippen MR) is 74.9 cm³/mol. The van der Waals surface area contributed by atoms with Crippen molar-refractivity contribution in [1.82, 2.24) is 9.71 Å². The highest BCUT2D eigenvalue weighted by Gasteiger charge is 2.16. The Morgan fingerprint density at radius 1 is 1.11 bits per heavy atom. The summed E-state index contributed by atoms with van der Waals surface area (Å²) >= 11 is 0. The number of hydrogen-bond acceptors (Lipinski definition) is 3. The molecule has 4 nitrogen and oxygen atoms in total. The molecule has 0 spiro atoms. The first-order valence-corrected chi connectivity index (χ1v) is 7.67. The van der Waals surface area contributed by atoms with Crippen molar-refractivity contribution in [2.24, 2.45) is 0 Å². The van der Waals surface area contributed by atoms with E-state index >= 15 is 0 Å². The lowest BCUT2D eigenvalue weighted by Crippen LogP contribution is -2.28. The zero-order valence-corrected chi connectivity index (χ0v) is 11.5. The van der Waals surface area contributed by atoms with Crippen LogP contribution < -0.4 is 4.72 Å². The Kier molecular flexibility index (Phi) is 4.29. The summed E-state index contributed by atoms with van der Waals surface area (Å²) in [7, 11) is -3.37. The Labute approximate surface area is 113 Å². The van der Waals surface area contributed by atoms with Gasteiger partial charge in [-0.3, -0.25) is 4.98 Å². The van der Waals surface area contributed by atoms with Crippen LogP contribution >= 0.6 is 0 Å². The second-order valence-corrected chi connectivity index (χ2v) is 6.09. The highest BCUT2D eigenvalue weighted by Crippen LogP contribution is 2.12. The van der Waals surface area contributed by atoms with E-state index in [-0.39, 0.29) is 11.8 Å². The second kappa shape index (κ2) is 5.95. The van der Waals surface area contributed by atoms with E-state index in [0.29, 0.717) is 5.69 Å². The molecule has 1 aromatic heterocycles. The van der Waals surface area contributed by atoms with Gasteiger partial charge >= 0.3 is 0 Å². The Morgan fingerprint density at radius 2 is 1.79 bits per heavy atom. The van der Waals surface area contributed by atoms with Crippen LogP contribution in [-0.4, -0.2) is 13.4 Å². The fourth-order valence-electron chi connectivity index (χ4n) is 1.80. The summed E-state index contributed by atoms with van der Waals surface area (Å²) in [5, 5.41) is 0. The molecule has 0 aliphatic heterocycles. The van der Waals surface area contributed by atoms with Crippen LogP contribution in [0.4, 0.5) is 0 Å². The smallest absolute Gasteiger partial charge is 0.216 e. The van der Waals surface area contributed by atoms with Crippen molar-refractivity contribution < 1.29 is 8.42 Å². The van der Waals surface area contributed by atoms with Gasteiger partial charge in [0.2, 0.25) is 10.0 Å². The summed E-state index contributed by atoms with van der Waals surface area (Å²) in [5.74, 6) is -0.0228. The maximum Gasteiger partial charge on any atom is 0.216 e. The van der Waals surface area contributed by atoms with Gasteiger partial charge in [0.05, 0.1) is 17.5 Å². The van der Waals surface area contributed by atoms with E-state index in [2.05, 4.69) is 9.71 Å². The van der Waals surface area contributed by atoms with E-state index in [0.717, 1.165) is 5.56 Å². The lowest BCUT2D eigenvalue weighted by molar-refractivity contribution is 0.563. The molecular formula is C14H16N2O2S. The summed E-state index contributed by atoms with van der Waals surface area (Å²) in [6.07, 6.45) is 1.65. The SMILES string of the molecule is CC(NS(=O)(=O)Cc1ccccc1)c1ccccn1. The average Bonchev–Trinajstić information content (AvgIpc) is 2.39. The van der Waals surface area contributed by atoms with Crippen molar-refractivity contribution in [3.8, 4) is 0 Å². The third-order valence-electron chi connectivity index (χ3n) is 2.69. The number of nitrogens with zero attached hydrogens (tertiary/aromatic N) is 1. The van der Waals surface area contributed by atoms with Crippen molar-refractivity contribution in [3.63, 3.8) is 0 Å². The molecule has 2 aromatic rings. The van der Waals surface area contributed by atoms with E-state index in [9.17, 15) is 8.42 Å². The first-order valence-electron chi connectivity index (χ1n) is 6.02. The molecule has 0 fully saturated rings. The summed E-state index contributed by atoms with van der Waals surface area (Å²) in [6, 6.07) is 14.2. The van der Waals surface area contributed by atoms with Gasteiger partial charge in [-0.15, -0.1) is 0 Å². The van der Waals surface area contributed by atoms with Crippen LogP contribution in [0.2, 0.25) is 0 Å². The first kappa shape index (κ1) is 13.7. The number of rotatable bonds is 5. The van der Waals surface area contributed by atoms with Crippen molar-refractivity contribution in [3.05, 3.63) is 66.0 Å². The Balaban J connectivity index is 2.06. The fraction of sp³-hybridized carbons (Fsp3) is 0.214. The average molecular weight is 276 g/mol. The van der Waals surface area contributed by atoms with E-state index in [1.165, 1.54) is 0 Å². The highest BCUT2D eigenvalue weighted by atomic mass is 32.2. The van der Waals surface area contributed by atoms with Gasteiger partial charge in [0.25, 0.3) is 0 Å². The minimum atomic E-state index is -3.37. The van der Waals surface area contributed by atoms with Gasteiger partial charge in [0, 0.05) is 6.20 Å². The molecule has 0 amide bonds. The predicted octanol–water partition coefficient (Wildman–Crippen LogP) is 2.26. The quantitative estimate of drug-likeness (QED) is 0.911. The molecule has 19 heavy (non-hydrogen) atoms. The molecule has 2 rings (SSSR count). The minimum Gasteiger partial charge on any atom is -0.260 e. The van der Waals surface area contributed by atoms with E-state index in [4.69, 9.17) is 0 Å². The molecule has 1 heterocycles. The largest absolute Gasteiger partial charge is 0.260 e. The van der Waals surface area contributed by atoms with E-state index < -0.39 is 10.0 Å². The summed E-state index contributed by atoms with van der Waals surface area (Å²) in [5.41, 5.74) is 1.47. The van der Waals surface area contributed by atoms with Crippen molar-refractivity contribution in [2.75, 3.05) is 0 Å². The van der Waals surface area contributed by atoms with Crippen molar-refractivity contribution >= 4 is 10.0 Å². The minimum absolute atomic E-state index is 0.0228. The zero-order chi connectivity index (χ0) is 13.7. The number of hydrogen-bond donors (Lipinski definition) is 1. The van der Waals surface area contributed by atoms with Crippen LogP contribution in [-0.2, 0) is 15.8 Å². The standard InChI is InChI=1S/C14H16N2O2S/c1-12(14-9-5-6-10-15-14)16-19(17,18)11-13-7-3-2-4-8-13/h2-10,12,16H,11H2,1H3. The van der Waals surface area contributed by atoms with Crippen LogP contribution in [0.3, 0.4) is 0 Å². The number of benzene rings is 1. The third-order valence-corrected chi connectivity index (χ3v) is 4.11. The Hall–Kier alpha value is -1.72. The maximum atomic E-state index is 12.0. The van der Waals surface area contributed by atoms with Gasteiger partial charge in [0.1, 0.15) is 0 Å². The molecule has 0 aliphatic rings. The highest BCUT2D eigenvalue weighted by molar-refractivity contribution is 7.88. The Morgan fingerprint density at radius 3 is 2.42 bits per heavy atom. The topological polar surface area (TPSA) is 59.1 Å². The van der Waals surface area contributed by atoms with Crippen LogP contribution in [0.15, 0.2) is 54.7 Å². The zero-order valence-electron chi connectivity index (χ0n) is 10.7. The van der Waals surface area contributed by atoms with Gasteiger partial charge in [-0.25, -0.2) is 13.1 Å². The molecule has 5 heteroatoms. The van der Waals surface area contributed by atoms with Crippen molar-refractivity contribution in [1.29, 1.82) is 0 Å². The molecule has 0 bridgehead atoms. The fourth-order valence-corrected chi connectivity index (χ4v) is 3.17. The number of sulfonamides is 1. The summed E-state index contributed by atoms with van der Waals surface area (Å²) in [4.78, 5) is 4.14. The van der Waals surface area contributed by atoms with Crippen LogP contribution in [0.5, 0.6) is 0 Å². The lowest BCUT2D eigenvalue weighted by Gasteiger charge is -2.13. The molecule has 0 aliphatic carbocycles. The van der Waals surface area contributed by atoms with Gasteiger partial charge in [-0.2, -0.15) is 0 Å². The lowest BCUT2D eigenvalue weighted by atomic mass is 10.2. The monoisotopic (exact) mass is 276 g/mol. The maximum absolute atomic E-state index is 12.0. The van der Waals surface area contributed by atoms with Crippen LogP contribution in [0.25, 0.3) is 0 Å². The van der Waals surface area contributed by atoms with Gasteiger partial charge in [-0.1, -0.05) is 36.4 Å². The van der Waals surface area contributed by atoms with Gasteiger partial charge < -0.3 is 0 Å². The molecular weight excluding hydrogens is 260 g/mol. The molecule has 0 saturated heterocycles. The molecule has 1 atom stereocenters. The normalized spacial score (nSPS) is 13.1. The number of aromatic nitrogens is 1.